The Morgan fingerprint density at radius 2 is 1.94 bits per heavy atom. The van der Waals surface area contributed by atoms with Crippen LogP contribution in [0.15, 0.2) is 35.4 Å². The first-order valence-corrected chi connectivity index (χ1v) is 5.92. The van der Waals surface area contributed by atoms with Crippen LogP contribution in [0.4, 0.5) is 4.79 Å². The van der Waals surface area contributed by atoms with Crippen LogP contribution in [0.2, 0.25) is 0 Å². The molecule has 94 valence electrons. The van der Waals surface area contributed by atoms with E-state index >= 15 is 0 Å². The van der Waals surface area contributed by atoms with Crippen molar-refractivity contribution < 1.29 is 14.5 Å². The fourth-order valence-corrected chi connectivity index (χ4v) is 3.01. The number of hydrogen-bond donors (Lipinski definition) is 0. The second kappa shape index (κ2) is 3.11. The van der Waals surface area contributed by atoms with E-state index < -0.39 is 6.02 Å². The van der Waals surface area contributed by atoms with Crippen molar-refractivity contribution in [3.8, 4) is 0 Å². The van der Waals surface area contributed by atoms with E-state index in [0.29, 0.717) is 0 Å². The summed E-state index contributed by atoms with van der Waals surface area (Å²) in [7, 11) is 1.48. The third-order valence-corrected chi connectivity index (χ3v) is 4.08. The van der Waals surface area contributed by atoms with E-state index in [1.54, 1.807) is 0 Å². The zero-order valence-corrected chi connectivity index (χ0v) is 10.6. The Morgan fingerprint density at radius 1 is 1.33 bits per heavy atom. The Labute approximate surface area is 106 Å². The van der Waals surface area contributed by atoms with E-state index in [2.05, 4.69) is 5.10 Å². The zero-order chi connectivity index (χ0) is 13.1. The van der Waals surface area contributed by atoms with E-state index in [9.17, 15) is 9.90 Å². The van der Waals surface area contributed by atoms with Crippen molar-refractivity contribution in [3.63, 3.8) is 0 Å². The molecule has 1 aromatic rings. The summed E-state index contributed by atoms with van der Waals surface area (Å²) in [6, 6.07) is 9.00. The lowest BCUT2D eigenvalue weighted by Crippen LogP contribution is -2.40. The van der Waals surface area contributed by atoms with Gasteiger partial charge in [0.05, 0.1) is 0 Å². The van der Waals surface area contributed by atoms with Crippen molar-refractivity contribution in [2.75, 3.05) is 7.05 Å². The average molecular weight is 245 g/mol. The Balaban J connectivity index is 2.09. The molecule has 0 N–H and O–H groups in total. The largest absolute Gasteiger partial charge is 0.842 e. The first-order valence-electron chi connectivity index (χ1n) is 5.92. The van der Waals surface area contributed by atoms with Crippen LogP contribution >= 0.6 is 0 Å². The zero-order valence-electron chi connectivity index (χ0n) is 10.6. The lowest BCUT2D eigenvalue weighted by Gasteiger charge is -2.11. The van der Waals surface area contributed by atoms with Crippen molar-refractivity contribution in [3.05, 3.63) is 35.9 Å². The van der Waals surface area contributed by atoms with Crippen molar-refractivity contribution in [1.29, 1.82) is 0 Å². The molecule has 1 saturated heterocycles. The van der Waals surface area contributed by atoms with Crippen LogP contribution in [-0.2, 0) is 0 Å². The number of benzene rings is 1. The molecule has 0 aliphatic carbocycles. The molecule has 1 aromatic carbocycles. The van der Waals surface area contributed by atoms with Gasteiger partial charge >= 0.3 is 6.03 Å². The minimum atomic E-state index is -0.452. The third kappa shape index (κ3) is 1.05. The van der Waals surface area contributed by atoms with Gasteiger partial charge in [-0.05, 0) is 13.8 Å². The SMILES string of the molecule is CN1C(=O)[N+]2(N=C1[O-])C(c1ccccc1)C2(C)C. The number of nitrogens with zero attached hydrogens (tertiary/aromatic N) is 3. The smallest absolute Gasteiger partial charge is 0.451 e. The molecule has 1 spiro atoms. The molecule has 0 radical (unpaired) electrons. The summed E-state index contributed by atoms with van der Waals surface area (Å²) in [4.78, 5) is 13.4. The van der Waals surface area contributed by atoms with Crippen molar-refractivity contribution in [2.24, 2.45) is 5.10 Å². The van der Waals surface area contributed by atoms with Crippen LogP contribution in [0.5, 0.6) is 0 Å². The summed E-state index contributed by atoms with van der Waals surface area (Å²) in [5, 5.41) is 15.7. The van der Waals surface area contributed by atoms with E-state index in [-0.39, 0.29) is 22.2 Å². The maximum Gasteiger partial charge on any atom is 0.451 e. The van der Waals surface area contributed by atoms with Crippen LogP contribution in [0.25, 0.3) is 0 Å². The first-order chi connectivity index (χ1) is 8.43. The molecule has 0 aromatic heterocycles. The topological polar surface area (TPSA) is 55.7 Å². The maximum atomic E-state index is 12.3. The fourth-order valence-electron chi connectivity index (χ4n) is 3.01. The number of rotatable bonds is 1. The number of carbonyl (C=O) groups is 1. The summed E-state index contributed by atoms with van der Waals surface area (Å²) in [6.45, 7) is 3.94. The summed E-state index contributed by atoms with van der Waals surface area (Å²) in [6.07, 6.45) is 0. The number of amidine groups is 1. The van der Waals surface area contributed by atoms with E-state index in [0.717, 1.165) is 10.5 Å². The van der Waals surface area contributed by atoms with Gasteiger partial charge < -0.3 is 5.11 Å². The number of amides is 2. The minimum absolute atomic E-state index is 0.0694. The van der Waals surface area contributed by atoms with Gasteiger partial charge in [-0.1, -0.05) is 40.0 Å². The predicted octanol–water partition coefficient (Wildman–Crippen LogP) is 1.03. The monoisotopic (exact) mass is 245 g/mol. The molecule has 0 saturated carbocycles. The Bertz CT molecular complexity index is 553. The number of hydrogen-bond acceptors (Lipinski definition) is 3. The maximum absolute atomic E-state index is 12.3. The molecule has 2 aliphatic heterocycles. The molecule has 1 fully saturated rings. The highest BCUT2D eigenvalue weighted by Gasteiger charge is 2.83. The highest BCUT2D eigenvalue weighted by molar-refractivity contribution is 5.92. The van der Waals surface area contributed by atoms with Gasteiger partial charge in [-0.15, -0.1) is 0 Å². The van der Waals surface area contributed by atoms with Gasteiger partial charge in [-0.2, -0.15) is 0 Å². The lowest BCUT2D eigenvalue weighted by atomic mass is 10.0. The number of quaternary nitrogens is 1. The quantitative estimate of drug-likeness (QED) is 0.548. The second-order valence-electron chi connectivity index (χ2n) is 5.38. The molecular formula is C13H15N3O2. The van der Waals surface area contributed by atoms with Gasteiger partial charge in [0.25, 0.3) is 0 Å². The molecule has 5 heteroatoms. The van der Waals surface area contributed by atoms with Gasteiger partial charge in [0.2, 0.25) is 6.04 Å². The highest BCUT2D eigenvalue weighted by atomic mass is 16.3. The normalized spacial score (nSPS) is 32.8. The molecule has 2 heterocycles. The van der Waals surface area contributed by atoms with Crippen LogP contribution in [0, 0.1) is 0 Å². The molecule has 2 unspecified atom stereocenters. The van der Waals surface area contributed by atoms with Gasteiger partial charge in [-0.25, -0.2) is 4.79 Å². The highest BCUT2D eigenvalue weighted by Crippen LogP contribution is 2.63. The van der Waals surface area contributed by atoms with Gasteiger partial charge in [0, 0.05) is 12.6 Å². The standard InChI is InChI=1S/C13H15N3O2/c1-13(2)10(9-7-5-4-6-8-9)16(13)12(18)15(3)11(17)14-16/h4-8,10H,1-3H3. The van der Waals surface area contributed by atoms with Crippen LogP contribution in [-0.4, -0.2) is 34.1 Å². The molecular weight excluding hydrogens is 230 g/mol. The van der Waals surface area contributed by atoms with Gasteiger partial charge in [0.1, 0.15) is 6.02 Å². The van der Waals surface area contributed by atoms with Gasteiger partial charge in [0.15, 0.2) is 5.54 Å². The lowest BCUT2D eigenvalue weighted by molar-refractivity contribution is -0.763. The molecule has 18 heavy (non-hydrogen) atoms. The summed E-state index contributed by atoms with van der Waals surface area (Å²) >= 11 is 0. The van der Waals surface area contributed by atoms with Crippen molar-refractivity contribution in [2.45, 2.75) is 25.4 Å². The summed E-state index contributed by atoms with van der Waals surface area (Å²) < 4.78 is -0.119. The Hall–Kier alpha value is -1.88. The average Bonchev–Trinajstić information content (AvgIpc) is 2.75. The molecule has 2 atom stereocenters. The van der Waals surface area contributed by atoms with Crippen LogP contribution in [0.1, 0.15) is 25.5 Å². The van der Waals surface area contributed by atoms with E-state index in [1.807, 2.05) is 44.2 Å². The number of carbonyl (C=O) groups excluding carboxylic acids is 1. The van der Waals surface area contributed by atoms with Crippen molar-refractivity contribution >= 4 is 12.1 Å². The summed E-state index contributed by atoms with van der Waals surface area (Å²) in [5.41, 5.74) is 0.682. The first kappa shape index (κ1) is 11.2. The van der Waals surface area contributed by atoms with Gasteiger partial charge in [-0.3, -0.25) is 4.90 Å². The Morgan fingerprint density at radius 3 is 2.44 bits per heavy atom. The summed E-state index contributed by atoms with van der Waals surface area (Å²) in [5.74, 6) is 0. The number of urea groups is 1. The molecule has 2 aliphatic rings. The van der Waals surface area contributed by atoms with Crippen molar-refractivity contribution in [1.82, 2.24) is 4.90 Å². The Kier molecular flexibility index (Phi) is 1.94. The molecule has 5 nitrogen and oxygen atoms in total. The molecule has 0 bridgehead atoms. The van der Waals surface area contributed by atoms with Crippen LogP contribution in [0.3, 0.4) is 0 Å². The van der Waals surface area contributed by atoms with E-state index in [1.165, 1.54) is 7.05 Å². The fraction of sp³-hybridized carbons (Fsp3) is 0.385. The predicted molar refractivity (Wildman–Crippen MR) is 64.1 cm³/mol. The molecule has 3 rings (SSSR count). The minimum Gasteiger partial charge on any atom is -0.842 e. The second-order valence-corrected chi connectivity index (χ2v) is 5.38. The third-order valence-electron chi connectivity index (χ3n) is 4.08. The van der Waals surface area contributed by atoms with Crippen LogP contribution < -0.4 is 5.11 Å². The molecule has 2 amide bonds. The van der Waals surface area contributed by atoms with E-state index in [4.69, 9.17) is 0 Å².